The lowest BCUT2D eigenvalue weighted by Gasteiger charge is -2.11. The third-order valence-electron chi connectivity index (χ3n) is 3.24. The van der Waals surface area contributed by atoms with E-state index in [1.54, 1.807) is 36.4 Å². The second-order valence-electron chi connectivity index (χ2n) is 5.11. The molecule has 2 aromatic carbocycles. The molecular formula is C18H16ClN3O2. The van der Waals surface area contributed by atoms with Crippen LogP contribution in [0.25, 0.3) is 0 Å². The first-order chi connectivity index (χ1) is 11.6. The van der Waals surface area contributed by atoms with Crippen LogP contribution in [0.1, 0.15) is 18.4 Å². The molecule has 0 aliphatic heterocycles. The summed E-state index contributed by atoms with van der Waals surface area (Å²) in [5, 5.41) is 14.6. The number of para-hydroxylation sites is 2. The Hall–Kier alpha value is -2.84. The quantitative estimate of drug-likeness (QED) is 0.839. The molecule has 0 aromatic heterocycles. The van der Waals surface area contributed by atoms with Crippen LogP contribution in [0.15, 0.2) is 48.5 Å². The van der Waals surface area contributed by atoms with Crippen LogP contribution in [0, 0.1) is 11.3 Å². The summed E-state index contributed by atoms with van der Waals surface area (Å²) in [6.07, 6.45) is 0.618. The Morgan fingerprint density at radius 1 is 1.00 bits per heavy atom. The van der Waals surface area contributed by atoms with Gasteiger partial charge >= 0.3 is 0 Å². The smallest absolute Gasteiger partial charge is 0.238 e. The van der Waals surface area contributed by atoms with Crippen molar-refractivity contribution in [2.75, 3.05) is 10.6 Å². The van der Waals surface area contributed by atoms with E-state index in [1.165, 1.54) is 0 Å². The predicted molar refractivity (Wildman–Crippen MR) is 93.7 cm³/mol. The van der Waals surface area contributed by atoms with Crippen LogP contribution in [0.2, 0.25) is 5.02 Å². The third-order valence-corrected chi connectivity index (χ3v) is 3.48. The Bertz CT molecular complexity index is 784. The normalized spacial score (nSPS) is 9.83. The fourth-order valence-electron chi connectivity index (χ4n) is 2.13. The predicted octanol–water partition coefficient (Wildman–Crippen LogP) is 3.76. The van der Waals surface area contributed by atoms with E-state index in [2.05, 4.69) is 10.6 Å². The second-order valence-corrected chi connectivity index (χ2v) is 5.54. The molecule has 0 radical (unpaired) electrons. The highest BCUT2D eigenvalue weighted by Crippen LogP contribution is 2.21. The average molecular weight is 342 g/mol. The van der Waals surface area contributed by atoms with Crippen molar-refractivity contribution in [3.05, 3.63) is 59.1 Å². The number of anilines is 2. The number of nitriles is 1. The van der Waals surface area contributed by atoms with Gasteiger partial charge in [0.05, 0.1) is 17.4 Å². The van der Waals surface area contributed by atoms with Gasteiger partial charge in [0.1, 0.15) is 6.42 Å². The number of carbonyl (C=O) groups is 2. The van der Waals surface area contributed by atoms with Gasteiger partial charge in [0, 0.05) is 11.4 Å². The third kappa shape index (κ3) is 5.41. The molecule has 0 fully saturated rings. The number of nitrogens with zero attached hydrogens (tertiary/aromatic N) is 1. The van der Waals surface area contributed by atoms with Crippen molar-refractivity contribution in [3.63, 3.8) is 0 Å². The fourth-order valence-corrected chi connectivity index (χ4v) is 2.34. The van der Waals surface area contributed by atoms with E-state index in [-0.39, 0.29) is 12.3 Å². The average Bonchev–Trinajstić information content (AvgIpc) is 2.55. The van der Waals surface area contributed by atoms with E-state index in [4.69, 9.17) is 16.9 Å². The van der Waals surface area contributed by atoms with Crippen LogP contribution in [-0.2, 0) is 16.0 Å². The lowest BCUT2D eigenvalue weighted by atomic mass is 10.1. The molecule has 0 saturated heterocycles. The fraction of sp³-hybridized carbons (Fsp3) is 0.167. The number of benzene rings is 2. The molecule has 0 unspecified atom stereocenters. The van der Waals surface area contributed by atoms with E-state index in [1.807, 2.05) is 18.2 Å². The lowest BCUT2D eigenvalue weighted by Crippen LogP contribution is -2.16. The number of hydrogen-bond donors (Lipinski definition) is 2. The topological polar surface area (TPSA) is 82.0 Å². The molecule has 0 atom stereocenters. The highest BCUT2D eigenvalue weighted by Gasteiger charge is 2.09. The Morgan fingerprint density at radius 2 is 1.67 bits per heavy atom. The van der Waals surface area contributed by atoms with Crippen LogP contribution in [-0.4, -0.2) is 11.8 Å². The maximum absolute atomic E-state index is 12.1. The number of rotatable bonds is 6. The van der Waals surface area contributed by atoms with Gasteiger partial charge < -0.3 is 10.6 Å². The van der Waals surface area contributed by atoms with Gasteiger partial charge in [-0.2, -0.15) is 5.26 Å². The van der Waals surface area contributed by atoms with Gasteiger partial charge in [-0.15, -0.1) is 0 Å². The van der Waals surface area contributed by atoms with Gasteiger partial charge in [-0.3, -0.25) is 9.59 Å². The first-order valence-electron chi connectivity index (χ1n) is 7.38. The zero-order valence-corrected chi connectivity index (χ0v) is 13.6. The molecule has 0 bridgehead atoms. The maximum atomic E-state index is 12.1. The molecule has 5 nitrogen and oxygen atoms in total. The van der Waals surface area contributed by atoms with Gasteiger partial charge in [0.2, 0.25) is 11.8 Å². The Morgan fingerprint density at radius 3 is 2.29 bits per heavy atom. The summed E-state index contributed by atoms with van der Waals surface area (Å²) in [7, 11) is 0. The van der Waals surface area contributed by atoms with E-state index in [0.717, 1.165) is 5.56 Å². The van der Waals surface area contributed by atoms with Gasteiger partial charge in [0.25, 0.3) is 0 Å². The van der Waals surface area contributed by atoms with E-state index in [0.29, 0.717) is 29.2 Å². The number of nitrogens with one attached hydrogen (secondary N) is 2. The highest BCUT2D eigenvalue weighted by molar-refractivity contribution is 6.30. The second kappa shape index (κ2) is 8.70. The van der Waals surface area contributed by atoms with Crippen LogP contribution in [0.3, 0.4) is 0 Å². The SMILES string of the molecule is N#CCC(=O)Nc1ccccc1NC(=O)CCc1cccc(Cl)c1. The van der Waals surface area contributed by atoms with Crippen molar-refractivity contribution in [2.24, 2.45) is 0 Å². The zero-order chi connectivity index (χ0) is 17.4. The van der Waals surface area contributed by atoms with Crippen LogP contribution in [0.5, 0.6) is 0 Å². The standard InChI is InChI=1S/C18H16ClN3O2/c19-14-5-3-4-13(12-14)8-9-17(23)21-15-6-1-2-7-16(15)22-18(24)10-11-20/h1-7,12H,8-10H2,(H,21,23)(H,22,24). The Balaban J connectivity index is 1.96. The summed E-state index contributed by atoms with van der Waals surface area (Å²) in [6.45, 7) is 0. The van der Waals surface area contributed by atoms with Crippen molar-refractivity contribution >= 4 is 34.8 Å². The summed E-state index contributed by atoms with van der Waals surface area (Å²) in [5.74, 6) is -0.588. The summed E-state index contributed by atoms with van der Waals surface area (Å²) in [5.41, 5.74) is 1.95. The highest BCUT2D eigenvalue weighted by atomic mass is 35.5. The van der Waals surface area contributed by atoms with Crippen LogP contribution >= 0.6 is 11.6 Å². The number of carbonyl (C=O) groups excluding carboxylic acids is 2. The molecule has 2 aromatic rings. The summed E-state index contributed by atoms with van der Waals surface area (Å²) < 4.78 is 0. The molecule has 122 valence electrons. The van der Waals surface area contributed by atoms with E-state index >= 15 is 0 Å². The van der Waals surface area contributed by atoms with Gasteiger partial charge in [0.15, 0.2) is 0 Å². The number of aryl methyl sites for hydroxylation is 1. The van der Waals surface area contributed by atoms with Crippen molar-refractivity contribution in [3.8, 4) is 6.07 Å². The Labute approximate surface area is 145 Å². The Kier molecular flexibility index (Phi) is 6.35. The minimum atomic E-state index is -0.418. The van der Waals surface area contributed by atoms with Gasteiger partial charge in [-0.1, -0.05) is 35.9 Å². The van der Waals surface area contributed by atoms with Crippen molar-refractivity contribution < 1.29 is 9.59 Å². The van der Waals surface area contributed by atoms with Crippen LogP contribution < -0.4 is 10.6 Å². The lowest BCUT2D eigenvalue weighted by molar-refractivity contribution is -0.116. The molecule has 0 spiro atoms. The molecule has 6 heteroatoms. The molecule has 0 saturated carbocycles. The molecular weight excluding hydrogens is 326 g/mol. The summed E-state index contributed by atoms with van der Waals surface area (Å²) >= 11 is 5.92. The minimum absolute atomic E-state index is 0.169. The maximum Gasteiger partial charge on any atom is 0.238 e. The number of hydrogen-bond acceptors (Lipinski definition) is 3. The van der Waals surface area contributed by atoms with E-state index in [9.17, 15) is 9.59 Å². The molecule has 0 aliphatic rings. The van der Waals surface area contributed by atoms with E-state index < -0.39 is 5.91 Å². The molecule has 0 heterocycles. The van der Waals surface area contributed by atoms with Gasteiger partial charge in [-0.05, 0) is 36.2 Å². The molecule has 24 heavy (non-hydrogen) atoms. The molecule has 0 aliphatic carbocycles. The first kappa shape index (κ1) is 17.5. The summed E-state index contributed by atoms with van der Waals surface area (Å²) in [6, 6.07) is 16.0. The van der Waals surface area contributed by atoms with Crippen molar-refractivity contribution in [1.82, 2.24) is 0 Å². The molecule has 2 rings (SSSR count). The van der Waals surface area contributed by atoms with Crippen molar-refractivity contribution in [1.29, 1.82) is 5.26 Å². The first-order valence-corrected chi connectivity index (χ1v) is 7.76. The molecule has 2 N–H and O–H groups in total. The van der Waals surface area contributed by atoms with Crippen molar-refractivity contribution in [2.45, 2.75) is 19.3 Å². The molecule has 2 amide bonds. The monoisotopic (exact) mass is 341 g/mol. The largest absolute Gasteiger partial charge is 0.324 e. The number of halogens is 1. The van der Waals surface area contributed by atoms with Crippen LogP contribution in [0.4, 0.5) is 11.4 Å². The summed E-state index contributed by atoms with van der Waals surface area (Å²) in [4.78, 5) is 23.7. The number of amides is 2. The minimum Gasteiger partial charge on any atom is -0.324 e. The zero-order valence-electron chi connectivity index (χ0n) is 12.9. The van der Waals surface area contributed by atoms with Gasteiger partial charge in [-0.25, -0.2) is 0 Å².